The minimum absolute atomic E-state index is 0.598. The fraction of sp³-hybridized carbons (Fsp3) is 0.143. The second kappa shape index (κ2) is 2.51. The van der Waals surface area contributed by atoms with Crippen LogP contribution in [0.5, 0.6) is 0 Å². The summed E-state index contributed by atoms with van der Waals surface area (Å²) in [5, 5.41) is 0. The number of nitrogens with two attached hydrogens (primary N) is 1. The van der Waals surface area contributed by atoms with Crippen molar-refractivity contribution < 1.29 is 0 Å². The Labute approximate surface area is 54.6 Å². The van der Waals surface area contributed by atoms with Crippen molar-refractivity contribution in [1.82, 2.24) is 4.57 Å². The third-order valence-corrected chi connectivity index (χ3v) is 1.22. The Hall–Kier alpha value is -1.02. The molecule has 1 aromatic rings. The van der Waals surface area contributed by atoms with Crippen LogP contribution < -0.4 is 5.73 Å². The summed E-state index contributed by atoms with van der Waals surface area (Å²) in [6.07, 6.45) is 5.61. The molecule has 2 N–H and O–H groups in total. The monoisotopic (exact) mass is 122 g/mol. The van der Waals surface area contributed by atoms with E-state index in [4.69, 9.17) is 5.73 Å². The highest BCUT2D eigenvalue weighted by atomic mass is 14.9. The van der Waals surface area contributed by atoms with Gasteiger partial charge in [-0.3, -0.25) is 0 Å². The lowest BCUT2D eigenvalue weighted by molar-refractivity contribution is 1.06. The maximum atomic E-state index is 5.37. The molecule has 0 spiro atoms. The normalized spacial score (nSPS) is 9.44. The topological polar surface area (TPSA) is 30.9 Å². The molecular weight excluding hydrogens is 112 g/mol. The van der Waals surface area contributed by atoms with E-state index in [1.165, 1.54) is 0 Å². The highest BCUT2D eigenvalue weighted by Crippen LogP contribution is 1.98. The average molecular weight is 122 g/mol. The highest BCUT2D eigenvalue weighted by Gasteiger charge is 1.88. The van der Waals surface area contributed by atoms with Gasteiger partial charge in [-0.05, 0) is 11.6 Å². The predicted octanol–water partition coefficient (Wildman–Crippen LogP) is 1.05. The van der Waals surface area contributed by atoms with Crippen molar-refractivity contribution in [3.05, 3.63) is 30.6 Å². The van der Waals surface area contributed by atoms with Gasteiger partial charge in [-0.15, -0.1) is 0 Å². The van der Waals surface area contributed by atoms with Gasteiger partial charge in [0.05, 0.1) is 0 Å². The molecule has 0 aliphatic carbocycles. The number of hydrogen-bond acceptors (Lipinski definition) is 1. The Bertz CT molecular complexity index is 200. The molecule has 0 bridgehead atoms. The lowest BCUT2D eigenvalue weighted by Gasteiger charge is -1.86. The van der Waals surface area contributed by atoms with Crippen molar-refractivity contribution in [2.24, 2.45) is 5.73 Å². The molecule has 0 saturated heterocycles. The summed E-state index contributed by atoms with van der Waals surface area (Å²) in [7, 11) is 0. The zero-order valence-corrected chi connectivity index (χ0v) is 5.25. The van der Waals surface area contributed by atoms with E-state index in [0.717, 1.165) is 5.56 Å². The lowest BCUT2D eigenvalue weighted by atomic mass is 10.4. The third kappa shape index (κ3) is 1.21. The molecule has 0 radical (unpaired) electrons. The minimum Gasteiger partial charge on any atom is -0.331 e. The molecule has 0 aromatic carbocycles. The van der Waals surface area contributed by atoms with Gasteiger partial charge in [0.2, 0.25) is 0 Å². The maximum Gasteiger partial charge on any atom is 0.0193 e. The molecule has 9 heavy (non-hydrogen) atoms. The minimum atomic E-state index is 0.598. The molecule has 0 aliphatic rings. The van der Waals surface area contributed by atoms with Gasteiger partial charge in [0.1, 0.15) is 0 Å². The number of aromatic nitrogens is 1. The van der Waals surface area contributed by atoms with Crippen LogP contribution in [0.3, 0.4) is 0 Å². The van der Waals surface area contributed by atoms with Crippen molar-refractivity contribution in [3.8, 4) is 0 Å². The molecule has 0 atom stereocenters. The highest BCUT2D eigenvalue weighted by molar-refractivity contribution is 5.22. The molecule has 1 rings (SSSR count). The molecule has 2 nitrogen and oxygen atoms in total. The first-order valence-corrected chi connectivity index (χ1v) is 2.86. The zero-order valence-electron chi connectivity index (χ0n) is 5.25. The summed E-state index contributed by atoms with van der Waals surface area (Å²) in [5.41, 5.74) is 6.50. The van der Waals surface area contributed by atoms with Crippen molar-refractivity contribution in [2.45, 2.75) is 6.54 Å². The van der Waals surface area contributed by atoms with Crippen molar-refractivity contribution in [2.75, 3.05) is 0 Å². The Balaban J connectivity index is 2.86. The molecule has 0 aliphatic heterocycles. The van der Waals surface area contributed by atoms with Gasteiger partial charge in [0.15, 0.2) is 0 Å². The third-order valence-electron chi connectivity index (χ3n) is 1.22. The fourth-order valence-corrected chi connectivity index (χ4v) is 0.694. The summed E-state index contributed by atoms with van der Waals surface area (Å²) >= 11 is 0. The summed E-state index contributed by atoms with van der Waals surface area (Å²) in [4.78, 5) is 0. The van der Waals surface area contributed by atoms with E-state index in [1.807, 2.05) is 23.0 Å². The molecule has 2 heteroatoms. The Kier molecular flexibility index (Phi) is 1.70. The van der Waals surface area contributed by atoms with Crippen molar-refractivity contribution in [3.63, 3.8) is 0 Å². The van der Waals surface area contributed by atoms with E-state index in [9.17, 15) is 0 Å². The van der Waals surface area contributed by atoms with Gasteiger partial charge >= 0.3 is 0 Å². The number of rotatable bonds is 2. The van der Waals surface area contributed by atoms with E-state index in [0.29, 0.717) is 6.54 Å². The molecule has 48 valence electrons. The van der Waals surface area contributed by atoms with Crippen LogP contribution in [0.25, 0.3) is 6.20 Å². The predicted molar refractivity (Wildman–Crippen MR) is 38.7 cm³/mol. The first-order chi connectivity index (χ1) is 4.36. The van der Waals surface area contributed by atoms with Crippen LogP contribution in [0.15, 0.2) is 25.0 Å². The first-order valence-electron chi connectivity index (χ1n) is 2.86. The SMILES string of the molecule is C=Cn1ccc(CN)c1. The molecule has 0 amide bonds. The van der Waals surface area contributed by atoms with Crippen LogP contribution >= 0.6 is 0 Å². The molecule has 1 heterocycles. The number of nitrogens with zero attached hydrogens (tertiary/aromatic N) is 1. The first kappa shape index (κ1) is 6.11. The van der Waals surface area contributed by atoms with E-state index in [2.05, 4.69) is 6.58 Å². The quantitative estimate of drug-likeness (QED) is 0.624. The van der Waals surface area contributed by atoms with Crippen molar-refractivity contribution >= 4 is 6.20 Å². The van der Waals surface area contributed by atoms with Crippen LogP contribution in [-0.4, -0.2) is 4.57 Å². The van der Waals surface area contributed by atoms with E-state index >= 15 is 0 Å². The Morgan fingerprint density at radius 3 is 2.89 bits per heavy atom. The van der Waals surface area contributed by atoms with E-state index in [-0.39, 0.29) is 0 Å². The molecule has 0 unspecified atom stereocenters. The van der Waals surface area contributed by atoms with E-state index < -0.39 is 0 Å². The van der Waals surface area contributed by atoms with Crippen LogP contribution in [0.2, 0.25) is 0 Å². The molecule has 1 aromatic heterocycles. The van der Waals surface area contributed by atoms with Crippen LogP contribution in [-0.2, 0) is 6.54 Å². The van der Waals surface area contributed by atoms with Gasteiger partial charge in [0, 0.05) is 25.1 Å². The Morgan fingerprint density at radius 1 is 1.78 bits per heavy atom. The van der Waals surface area contributed by atoms with Gasteiger partial charge in [-0.1, -0.05) is 6.58 Å². The van der Waals surface area contributed by atoms with Crippen LogP contribution in [0, 0.1) is 0 Å². The van der Waals surface area contributed by atoms with E-state index in [1.54, 1.807) is 6.20 Å². The van der Waals surface area contributed by atoms with Gasteiger partial charge in [-0.25, -0.2) is 0 Å². The molecular formula is C7H10N2. The van der Waals surface area contributed by atoms with Crippen LogP contribution in [0.1, 0.15) is 5.56 Å². The second-order valence-electron chi connectivity index (χ2n) is 1.85. The second-order valence-corrected chi connectivity index (χ2v) is 1.85. The smallest absolute Gasteiger partial charge is 0.0193 e. The maximum absolute atomic E-state index is 5.37. The zero-order chi connectivity index (χ0) is 6.69. The fourth-order valence-electron chi connectivity index (χ4n) is 0.694. The van der Waals surface area contributed by atoms with Gasteiger partial charge in [0.25, 0.3) is 0 Å². The summed E-state index contributed by atoms with van der Waals surface area (Å²) in [6, 6.07) is 1.97. The summed E-state index contributed by atoms with van der Waals surface area (Å²) < 4.78 is 1.88. The summed E-state index contributed by atoms with van der Waals surface area (Å²) in [5.74, 6) is 0. The molecule has 0 saturated carbocycles. The Morgan fingerprint density at radius 2 is 2.56 bits per heavy atom. The van der Waals surface area contributed by atoms with Crippen LogP contribution in [0.4, 0.5) is 0 Å². The summed E-state index contributed by atoms with van der Waals surface area (Å²) in [6.45, 7) is 4.20. The van der Waals surface area contributed by atoms with Gasteiger partial charge < -0.3 is 10.3 Å². The largest absolute Gasteiger partial charge is 0.331 e. The number of hydrogen-bond donors (Lipinski definition) is 1. The average Bonchev–Trinajstić information content (AvgIpc) is 2.34. The lowest BCUT2D eigenvalue weighted by Crippen LogP contribution is -1.93. The van der Waals surface area contributed by atoms with Gasteiger partial charge in [-0.2, -0.15) is 0 Å². The van der Waals surface area contributed by atoms with Crippen molar-refractivity contribution in [1.29, 1.82) is 0 Å². The molecule has 0 fully saturated rings. The standard InChI is InChI=1S/C7H10N2/c1-2-9-4-3-7(5-8)6-9/h2-4,6H,1,5,8H2.